The van der Waals surface area contributed by atoms with Crippen molar-refractivity contribution in [1.82, 2.24) is 9.88 Å². The van der Waals surface area contributed by atoms with Gasteiger partial charge in [-0.1, -0.05) is 0 Å². The van der Waals surface area contributed by atoms with Crippen LogP contribution in [0.5, 0.6) is 0 Å². The molecule has 1 aromatic rings. The number of carbonyl (C=O) groups is 1. The molecule has 4 nitrogen and oxygen atoms in total. The Kier molecular flexibility index (Phi) is 3.66. The average Bonchev–Trinajstić information content (AvgIpc) is 2.75. The molecule has 1 amide bonds. The topological polar surface area (TPSA) is 45.3 Å². The van der Waals surface area contributed by atoms with Crippen molar-refractivity contribution >= 4 is 21.8 Å². The number of aromatic nitrogens is 1. The number of hydrogen-bond donors (Lipinski definition) is 1. The molecule has 5 heteroatoms. The summed E-state index contributed by atoms with van der Waals surface area (Å²) in [5, 5.41) is 0. The smallest absolute Gasteiger partial charge is 0.270 e. The lowest BCUT2D eigenvalue weighted by molar-refractivity contribution is 0.0359. The van der Waals surface area contributed by atoms with Crippen molar-refractivity contribution in [2.75, 3.05) is 20.3 Å². The Bertz CT molecular complexity index is 372. The zero-order valence-corrected chi connectivity index (χ0v) is 10.8. The van der Waals surface area contributed by atoms with Crippen LogP contribution in [-0.4, -0.2) is 42.1 Å². The van der Waals surface area contributed by atoms with Crippen molar-refractivity contribution in [3.8, 4) is 0 Å². The van der Waals surface area contributed by atoms with E-state index >= 15 is 0 Å². The maximum absolute atomic E-state index is 12.1. The number of ether oxygens (including phenoxy) is 1. The number of H-pyrrole nitrogens is 1. The first-order chi connectivity index (χ1) is 7.68. The third-order valence-electron chi connectivity index (χ3n) is 2.94. The predicted octanol–water partition coefficient (Wildman–Crippen LogP) is 2.03. The van der Waals surface area contributed by atoms with Crippen LogP contribution in [0.1, 0.15) is 23.3 Å². The van der Waals surface area contributed by atoms with Crippen molar-refractivity contribution in [2.45, 2.75) is 18.9 Å². The molecule has 1 N–H and O–H groups in total. The molecule has 1 aliphatic rings. The van der Waals surface area contributed by atoms with Crippen LogP contribution in [0.25, 0.3) is 0 Å². The molecule has 0 atom stereocenters. The van der Waals surface area contributed by atoms with E-state index < -0.39 is 0 Å². The largest absolute Gasteiger partial charge is 0.381 e. The van der Waals surface area contributed by atoms with Gasteiger partial charge in [0.05, 0.1) is 0 Å². The molecular weight excluding hydrogens is 272 g/mol. The molecular formula is C11H15BrN2O2. The Morgan fingerprint density at radius 1 is 1.56 bits per heavy atom. The second-order valence-electron chi connectivity index (χ2n) is 3.99. The molecule has 0 aromatic carbocycles. The van der Waals surface area contributed by atoms with Crippen LogP contribution in [-0.2, 0) is 4.74 Å². The zero-order valence-electron chi connectivity index (χ0n) is 9.20. The monoisotopic (exact) mass is 286 g/mol. The fourth-order valence-electron chi connectivity index (χ4n) is 1.92. The number of carbonyl (C=O) groups excluding carboxylic acids is 1. The number of halogens is 1. The molecule has 0 bridgehead atoms. The van der Waals surface area contributed by atoms with Gasteiger partial charge in [-0.3, -0.25) is 4.79 Å². The second kappa shape index (κ2) is 5.01. The number of aromatic amines is 1. The van der Waals surface area contributed by atoms with Crippen LogP contribution >= 0.6 is 15.9 Å². The van der Waals surface area contributed by atoms with Gasteiger partial charge in [0.1, 0.15) is 5.69 Å². The zero-order chi connectivity index (χ0) is 11.5. The van der Waals surface area contributed by atoms with Gasteiger partial charge in [-0.15, -0.1) is 0 Å². The van der Waals surface area contributed by atoms with Gasteiger partial charge in [0, 0.05) is 37.0 Å². The van der Waals surface area contributed by atoms with Gasteiger partial charge in [0.2, 0.25) is 0 Å². The molecule has 0 radical (unpaired) electrons. The fourth-order valence-corrected chi connectivity index (χ4v) is 2.26. The summed E-state index contributed by atoms with van der Waals surface area (Å²) >= 11 is 3.32. The summed E-state index contributed by atoms with van der Waals surface area (Å²) in [6, 6.07) is 2.10. The van der Waals surface area contributed by atoms with Crippen molar-refractivity contribution in [3.63, 3.8) is 0 Å². The van der Waals surface area contributed by atoms with Gasteiger partial charge in [-0.25, -0.2) is 0 Å². The van der Waals surface area contributed by atoms with Crippen LogP contribution in [0.4, 0.5) is 0 Å². The first-order valence-corrected chi connectivity index (χ1v) is 6.16. The highest BCUT2D eigenvalue weighted by molar-refractivity contribution is 9.10. The number of nitrogens with one attached hydrogen (secondary N) is 1. The molecule has 0 saturated carbocycles. The average molecular weight is 287 g/mol. The van der Waals surface area contributed by atoms with E-state index in [2.05, 4.69) is 20.9 Å². The summed E-state index contributed by atoms with van der Waals surface area (Å²) in [6.07, 6.45) is 3.61. The lowest BCUT2D eigenvalue weighted by Gasteiger charge is -2.30. The van der Waals surface area contributed by atoms with E-state index in [-0.39, 0.29) is 5.91 Å². The summed E-state index contributed by atoms with van der Waals surface area (Å²) in [5.74, 6) is 0.0394. The molecule has 0 spiro atoms. The number of hydrogen-bond acceptors (Lipinski definition) is 2. The Balaban J connectivity index is 2.03. The minimum absolute atomic E-state index is 0.0394. The van der Waals surface area contributed by atoms with Crippen LogP contribution < -0.4 is 0 Å². The Morgan fingerprint density at radius 2 is 2.25 bits per heavy atom. The first-order valence-electron chi connectivity index (χ1n) is 5.37. The van der Waals surface area contributed by atoms with Crippen LogP contribution in [0.3, 0.4) is 0 Å². The van der Waals surface area contributed by atoms with E-state index in [1.54, 1.807) is 17.2 Å². The van der Waals surface area contributed by atoms with Gasteiger partial charge in [-0.05, 0) is 34.8 Å². The van der Waals surface area contributed by atoms with Crippen LogP contribution in [0.15, 0.2) is 16.7 Å². The quantitative estimate of drug-likeness (QED) is 0.904. The molecule has 88 valence electrons. The Hall–Kier alpha value is -0.810. The van der Waals surface area contributed by atoms with Gasteiger partial charge in [0.15, 0.2) is 0 Å². The molecule has 1 aromatic heterocycles. The van der Waals surface area contributed by atoms with Crippen LogP contribution in [0, 0.1) is 0 Å². The first kappa shape index (κ1) is 11.7. The summed E-state index contributed by atoms with van der Waals surface area (Å²) in [6.45, 7) is 1.49. The molecule has 2 heterocycles. The van der Waals surface area contributed by atoms with Crippen molar-refractivity contribution in [3.05, 3.63) is 22.4 Å². The molecule has 1 aliphatic heterocycles. The van der Waals surface area contributed by atoms with Crippen molar-refractivity contribution in [1.29, 1.82) is 0 Å². The van der Waals surface area contributed by atoms with Gasteiger partial charge >= 0.3 is 0 Å². The Labute approximate surface area is 103 Å². The third-order valence-corrected chi connectivity index (χ3v) is 3.39. The van der Waals surface area contributed by atoms with E-state index in [1.807, 2.05) is 7.05 Å². The fraction of sp³-hybridized carbons (Fsp3) is 0.545. The standard InChI is InChI=1S/C11H15BrN2O2/c1-14(9-2-4-16-5-3-9)11(15)10-6-8(12)7-13-10/h6-7,9,13H,2-5H2,1H3. The number of amides is 1. The number of nitrogens with zero attached hydrogens (tertiary/aromatic N) is 1. The highest BCUT2D eigenvalue weighted by Gasteiger charge is 2.23. The molecule has 0 unspecified atom stereocenters. The summed E-state index contributed by atoms with van der Waals surface area (Å²) < 4.78 is 6.19. The molecule has 1 saturated heterocycles. The molecule has 1 fully saturated rings. The maximum Gasteiger partial charge on any atom is 0.270 e. The van der Waals surface area contributed by atoms with E-state index in [0.717, 1.165) is 30.5 Å². The second-order valence-corrected chi connectivity index (χ2v) is 4.91. The highest BCUT2D eigenvalue weighted by atomic mass is 79.9. The Morgan fingerprint density at radius 3 is 2.81 bits per heavy atom. The maximum atomic E-state index is 12.1. The summed E-state index contributed by atoms with van der Waals surface area (Å²) in [5.41, 5.74) is 0.626. The lowest BCUT2D eigenvalue weighted by atomic mass is 10.1. The summed E-state index contributed by atoms with van der Waals surface area (Å²) in [7, 11) is 1.85. The van der Waals surface area contributed by atoms with Crippen molar-refractivity contribution in [2.24, 2.45) is 0 Å². The lowest BCUT2D eigenvalue weighted by Crippen LogP contribution is -2.40. The molecule has 2 rings (SSSR count). The van der Waals surface area contributed by atoms with E-state index in [9.17, 15) is 4.79 Å². The van der Waals surface area contributed by atoms with E-state index in [0.29, 0.717) is 11.7 Å². The van der Waals surface area contributed by atoms with Crippen molar-refractivity contribution < 1.29 is 9.53 Å². The predicted molar refractivity (Wildman–Crippen MR) is 64.4 cm³/mol. The number of rotatable bonds is 2. The summed E-state index contributed by atoms with van der Waals surface area (Å²) in [4.78, 5) is 16.9. The molecule has 16 heavy (non-hydrogen) atoms. The van der Waals surface area contributed by atoms with Gasteiger partial charge in [0.25, 0.3) is 5.91 Å². The minimum atomic E-state index is 0.0394. The SMILES string of the molecule is CN(C(=O)c1cc(Br)c[nH]1)C1CCOCC1. The van der Waals surface area contributed by atoms with Gasteiger partial charge in [-0.2, -0.15) is 0 Å². The normalized spacial score (nSPS) is 17.4. The molecule has 0 aliphatic carbocycles. The minimum Gasteiger partial charge on any atom is -0.381 e. The van der Waals surface area contributed by atoms with E-state index in [1.165, 1.54) is 0 Å². The van der Waals surface area contributed by atoms with E-state index in [4.69, 9.17) is 4.74 Å². The van der Waals surface area contributed by atoms with Crippen LogP contribution in [0.2, 0.25) is 0 Å². The highest BCUT2D eigenvalue weighted by Crippen LogP contribution is 2.17. The van der Waals surface area contributed by atoms with Gasteiger partial charge < -0.3 is 14.6 Å². The third kappa shape index (κ3) is 2.47.